The summed E-state index contributed by atoms with van der Waals surface area (Å²) >= 11 is 14.3. The zero-order valence-corrected chi connectivity index (χ0v) is 10.8. The molecule has 5 heteroatoms. The van der Waals surface area contributed by atoms with Gasteiger partial charge in [-0.25, -0.2) is 0 Å². The molecule has 1 spiro atoms. The minimum atomic E-state index is 0.416. The lowest BCUT2D eigenvalue weighted by Crippen LogP contribution is -2.04. The van der Waals surface area contributed by atoms with Crippen molar-refractivity contribution in [1.82, 2.24) is 0 Å². The monoisotopic (exact) mass is 258 g/mol. The highest BCUT2D eigenvalue weighted by atomic mass is 35.5. The van der Waals surface area contributed by atoms with Gasteiger partial charge in [0.05, 0.1) is 0 Å². The fraction of sp³-hybridized carbons (Fsp3) is 1.00. The van der Waals surface area contributed by atoms with Crippen LogP contribution in [0.2, 0.25) is 0 Å². The quantitative estimate of drug-likeness (QED) is 0.660. The summed E-state index contributed by atoms with van der Waals surface area (Å²) in [7, 11) is 0. The topological polar surface area (TPSA) is 0 Å². The van der Waals surface area contributed by atoms with Crippen molar-refractivity contribution in [2.45, 2.75) is 20.2 Å². The number of halogens is 1. The second kappa shape index (κ2) is 4.05. The predicted octanol–water partition coefficient (Wildman–Crippen LogP) is 3.55. The van der Waals surface area contributed by atoms with Crippen molar-refractivity contribution in [2.75, 3.05) is 17.4 Å². The van der Waals surface area contributed by atoms with Crippen molar-refractivity contribution >= 4 is 58.6 Å². The van der Waals surface area contributed by atoms with Crippen LogP contribution in [0.1, 0.15) is 6.92 Å². The fourth-order valence-corrected chi connectivity index (χ4v) is 10.1. The van der Waals surface area contributed by atoms with Gasteiger partial charge in [0.25, 0.3) is 0 Å². The molecule has 0 radical (unpaired) electrons. The first-order valence-electron chi connectivity index (χ1n) is 3.93. The third-order valence-electron chi connectivity index (χ3n) is 1.77. The standard InChI is InChI=1S/C7H11ClS4/c1-5-3-9-7(11-5)10-4-6(2-8)12-7/h5-6H,2-4H2,1H3/t5-,6-,7+/m0/s1. The summed E-state index contributed by atoms with van der Waals surface area (Å²) in [6, 6.07) is 0. The van der Waals surface area contributed by atoms with Gasteiger partial charge in [-0.3, -0.25) is 0 Å². The van der Waals surface area contributed by atoms with Gasteiger partial charge in [-0.05, 0) is 0 Å². The molecule has 2 heterocycles. The molecule has 0 saturated carbocycles. The number of hydrogen-bond acceptors (Lipinski definition) is 4. The van der Waals surface area contributed by atoms with Gasteiger partial charge >= 0.3 is 0 Å². The first-order chi connectivity index (χ1) is 5.74. The summed E-state index contributed by atoms with van der Waals surface area (Å²) < 4.78 is 0.416. The summed E-state index contributed by atoms with van der Waals surface area (Å²) in [4.78, 5) is 0. The molecular formula is C7H11ClS4. The van der Waals surface area contributed by atoms with Crippen LogP contribution in [-0.4, -0.2) is 30.6 Å². The molecule has 3 atom stereocenters. The molecule has 0 aromatic heterocycles. The van der Waals surface area contributed by atoms with E-state index in [2.05, 4.69) is 54.0 Å². The van der Waals surface area contributed by atoms with E-state index in [0.29, 0.717) is 7.99 Å². The Morgan fingerprint density at radius 2 is 2.08 bits per heavy atom. The van der Waals surface area contributed by atoms with Crippen molar-refractivity contribution in [3.8, 4) is 0 Å². The molecule has 2 fully saturated rings. The molecule has 0 amide bonds. The Hall–Kier alpha value is 1.69. The molecule has 0 aromatic carbocycles. The molecule has 0 nitrogen and oxygen atoms in total. The zero-order valence-electron chi connectivity index (χ0n) is 6.79. The Kier molecular flexibility index (Phi) is 3.45. The van der Waals surface area contributed by atoms with Gasteiger partial charge in [0.1, 0.15) is 0 Å². The van der Waals surface area contributed by atoms with E-state index in [9.17, 15) is 0 Å². The Bertz CT molecular complexity index is 177. The maximum Gasteiger partial charge on any atom is 0.154 e. The van der Waals surface area contributed by atoms with E-state index in [1.807, 2.05) is 0 Å². The molecule has 2 rings (SSSR count). The fourth-order valence-electron chi connectivity index (χ4n) is 1.21. The van der Waals surface area contributed by atoms with Crippen molar-refractivity contribution in [3.63, 3.8) is 0 Å². The van der Waals surface area contributed by atoms with Gasteiger partial charge in [-0.1, -0.05) is 6.92 Å². The SMILES string of the molecule is C[C@H]1CS[C@@]2(SC[C@H](CCl)S2)S1. The van der Waals surface area contributed by atoms with E-state index >= 15 is 0 Å². The molecule has 12 heavy (non-hydrogen) atoms. The van der Waals surface area contributed by atoms with Gasteiger partial charge in [-0.2, -0.15) is 0 Å². The first-order valence-corrected chi connectivity index (χ1v) is 8.20. The van der Waals surface area contributed by atoms with Gasteiger partial charge in [0, 0.05) is 27.9 Å². The lowest BCUT2D eigenvalue weighted by Gasteiger charge is -2.18. The molecule has 0 unspecified atom stereocenters. The summed E-state index contributed by atoms with van der Waals surface area (Å²) in [5.74, 6) is 3.36. The molecule has 2 aliphatic heterocycles. The number of rotatable bonds is 1. The minimum Gasteiger partial charge on any atom is -0.125 e. The molecule has 2 saturated heterocycles. The second-order valence-electron chi connectivity index (χ2n) is 2.94. The minimum absolute atomic E-state index is 0.416. The van der Waals surface area contributed by atoms with Crippen LogP contribution in [0, 0.1) is 0 Å². The molecule has 70 valence electrons. The second-order valence-corrected chi connectivity index (χ2v) is 10.4. The third-order valence-corrected chi connectivity index (χ3v) is 10.4. The number of hydrogen-bond donors (Lipinski definition) is 0. The van der Waals surface area contributed by atoms with E-state index in [1.54, 1.807) is 0 Å². The highest BCUT2D eigenvalue weighted by molar-refractivity contribution is 8.50. The first kappa shape index (κ1) is 10.2. The molecule has 0 aromatic rings. The van der Waals surface area contributed by atoms with Gasteiger partial charge in [-0.15, -0.1) is 58.6 Å². The highest BCUT2D eigenvalue weighted by Gasteiger charge is 2.46. The molecule has 2 aliphatic rings. The van der Waals surface area contributed by atoms with E-state index in [4.69, 9.17) is 11.6 Å². The summed E-state index contributed by atoms with van der Waals surface area (Å²) in [6.07, 6.45) is 0. The van der Waals surface area contributed by atoms with E-state index < -0.39 is 0 Å². The average Bonchev–Trinajstić information content (AvgIpc) is 2.61. The molecule has 0 bridgehead atoms. The average molecular weight is 259 g/mol. The molecular weight excluding hydrogens is 248 g/mol. The highest BCUT2D eigenvalue weighted by Crippen LogP contribution is 2.66. The predicted molar refractivity (Wildman–Crippen MR) is 66.8 cm³/mol. The van der Waals surface area contributed by atoms with Crippen LogP contribution in [0.15, 0.2) is 0 Å². The van der Waals surface area contributed by atoms with Crippen LogP contribution in [-0.2, 0) is 0 Å². The Morgan fingerprint density at radius 1 is 1.33 bits per heavy atom. The van der Waals surface area contributed by atoms with Crippen LogP contribution in [0.3, 0.4) is 0 Å². The van der Waals surface area contributed by atoms with Crippen LogP contribution in [0.5, 0.6) is 0 Å². The normalized spacial score (nSPS) is 47.5. The van der Waals surface area contributed by atoms with Crippen LogP contribution in [0.4, 0.5) is 0 Å². The van der Waals surface area contributed by atoms with Crippen molar-refractivity contribution < 1.29 is 0 Å². The Balaban J connectivity index is 1.97. The maximum absolute atomic E-state index is 5.85. The summed E-state index contributed by atoms with van der Waals surface area (Å²) in [6.45, 7) is 2.32. The number of thioether (sulfide) groups is 4. The lowest BCUT2D eigenvalue weighted by atomic mass is 10.6. The maximum atomic E-state index is 5.85. The van der Waals surface area contributed by atoms with Gasteiger partial charge < -0.3 is 0 Å². The van der Waals surface area contributed by atoms with Crippen molar-refractivity contribution in [2.24, 2.45) is 0 Å². The van der Waals surface area contributed by atoms with Crippen LogP contribution in [0.25, 0.3) is 0 Å². The molecule has 0 aliphatic carbocycles. The third kappa shape index (κ3) is 2.02. The smallest absolute Gasteiger partial charge is 0.125 e. The van der Waals surface area contributed by atoms with Crippen LogP contribution >= 0.6 is 58.6 Å². The van der Waals surface area contributed by atoms with E-state index in [1.165, 1.54) is 11.5 Å². The van der Waals surface area contributed by atoms with Gasteiger partial charge in [0.15, 0.2) is 2.74 Å². The Morgan fingerprint density at radius 3 is 2.58 bits per heavy atom. The van der Waals surface area contributed by atoms with E-state index in [-0.39, 0.29) is 0 Å². The van der Waals surface area contributed by atoms with Gasteiger partial charge in [0.2, 0.25) is 0 Å². The van der Waals surface area contributed by atoms with E-state index in [0.717, 1.165) is 11.1 Å². The Labute approximate surface area is 95.7 Å². The largest absolute Gasteiger partial charge is 0.154 e. The summed E-state index contributed by atoms with van der Waals surface area (Å²) in [5.41, 5.74) is 0. The zero-order chi connectivity index (χ0) is 8.60. The van der Waals surface area contributed by atoms with Crippen molar-refractivity contribution in [1.29, 1.82) is 0 Å². The lowest BCUT2D eigenvalue weighted by molar-refractivity contribution is 1.15. The van der Waals surface area contributed by atoms with Crippen LogP contribution < -0.4 is 0 Å². The summed E-state index contributed by atoms with van der Waals surface area (Å²) in [5, 5.41) is 1.51. The van der Waals surface area contributed by atoms with Crippen molar-refractivity contribution in [3.05, 3.63) is 0 Å². The molecule has 0 N–H and O–H groups in total. The number of alkyl halides is 1.